The third-order valence-corrected chi connectivity index (χ3v) is 7.22. The van der Waals surface area contributed by atoms with Gasteiger partial charge in [0, 0.05) is 11.6 Å². The lowest BCUT2D eigenvalue weighted by molar-refractivity contribution is -0.156. The number of benzene rings is 1. The number of hydrogen-bond acceptors (Lipinski definition) is 5. The molecule has 0 radical (unpaired) electrons. The number of nitrogens with zero attached hydrogens (tertiary/aromatic N) is 1. The quantitative estimate of drug-likeness (QED) is 0.425. The molecule has 1 aliphatic heterocycles. The average Bonchev–Trinajstić information content (AvgIpc) is 3.10. The number of carbonyl (C=O) groups is 3. The minimum Gasteiger partial charge on any atom is -0.466 e. The highest BCUT2D eigenvalue weighted by Crippen LogP contribution is 2.46. The first-order chi connectivity index (χ1) is 16.3. The molecular weight excluding hydrogens is 432 g/mol. The summed E-state index contributed by atoms with van der Waals surface area (Å²) in [4.78, 5) is 42.1. The van der Waals surface area contributed by atoms with Crippen molar-refractivity contribution in [3.05, 3.63) is 41.5 Å². The maximum Gasteiger partial charge on any atom is 0.310 e. The lowest BCUT2D eigenvalue weighted by atomic mass is 9.69. The normalized spacial score (nSPS) is 26.8. The van der Waals surface area contributed by atoms with E-state index < -0.39 is 29.8 Å². The number of likely N-dealkylation sites (tertiary alicyclic amines) is 1. The van der Waals surface area contributed by atoms with Gasteiger partial charge in [-0.1, -0.05) is 44.6 Å². The number of aryl methyl sites for hydroxylation is 2. The van der Waals surface area contributed by atoms with E-state index in [1.807, 2.05) is 58.0 Å². The second-order valence-electron chi connectivity index (χ2n) is 9.46. The fourth-order valence-corrected chi connectivity index (χ4v) is 5.50. The van der Waals surface area contributed by atoms with Gasteiger partial charge in [-0.15, -0.1) is 0 Å². The number of nitrogens with one attached hydrogen (secondary N) is 1. The number of aliphatic hydroxyl groups excluding tert-OH is 1. The minimum atomic E-state index is -0.815. The van der Waals surface area contributed by atoms with Crippen molar-refractivity contribution in [3.63, 3.8) is 0 Å². The molecule has 1 aromatic carbocycles. The van der Waals surface area contributed by atoms with Crippen LogP contribution in [0.4, 0.5) is 5.69 Å². The Morgan fingerprint density at radius 1 is 1.18 bits per heavy atom. The standard InChI is InChI=1S/C27H38N2O5/c1-6-9-18-12-13-20-23(22(18)27(33)34-8-3)26(32)29(19(7-2)15-30)24(20)25(31)28-21-14-16(4)10-11-17(21)5/h10-14,18-20,22-24,30H,6-9,15H2,1-5H3,(H,28,31)/t18-,19+,20+,22-,23-,24+/m1/s1. The van der Waals surface area contributed by atoms with Crippen LogP contribution in [-0.4, -0.2) is 53.1 Å². The number of carbonyl (C=O) groups excluding carboxylic acids is 3. The van der Waals surface area contributed by atoms with E-state index in [1.165, 1.54) is 4.90 Å². The molecule has 2 N–H and O–H groups in total. The van der Waals surface area contributed by atoms with Gasteiger partial charge in [0.05, 0.1) is 31.1 Å². The molecule has 7 heteroatoms. The predicted octanol–water partition coefficient (Wildman–Crippen LogP) is 3.62. The molecule has 1 fully saturated rings. The van der Waals surface area contributed by atoms with E-state index in [0.29, 0.717) is 12.1 Å². The molecule has 0 spiro atoms. The molecule has 0 unspecified atom stereocenters. The number of ether oxygens (including phenoxy) is 1. The van der Waals surface area contributed by atoms with Gasteiger partial charge in [0.2, 0.25) is 11.8 Å². The highest BCUT2D eigenvalue weighted by Gasteiger charge is 2.58. The zero-order valence-corrected chi connectivity index (χ0v) is 20.9. The smallest absolute Gasteiger partial charge is 0.310 e. The van der Waals surface area contributed by atoms with Gasteiger partial charge in [-0.3, -0.25) is 14.4 Å². The first kappa shape index (κ1) is 25.9. The molecule has 3 rings (SSSR count). The largest absolute Gasteiger partial charge is 0.466 e. The molecule has 6 atom stereocenters. The number of aliphatic hydroxyl groups is 1. The van der Waals surface area contributed by atoms with Gasteiger partial charge in [-0.2, -0.15) is 0 Å². The van der Waals surface area contributed by atoms with Crippen LogP contribution in [0.15, 0.2) is 30.4 Å². The van der Waals surface area contributed by atoms with Crippen LogP contribution in [0, 0.1) is 37.5 Å². The SMILES string of the molecule is CCC[C@@H]1C=C[C@H]2[C@@H](C(=O)N([C@@H](CC)CO)[C@@H]2C(=O)Nc2cc(C)ccc2C)[C@@H]1C(=O)OCC. The van der Waals surface area contributed by atoms with Crippen molar-refractivity contribution in [1.82, 2.24) is 4.90 Å². The fraction of sp³-hybridized carbons (Fsp3) is 0.593. The summed E-state index contributed by atoms with van der Waals surface area (Å²) in [7, 11) is 0. The molecule has 1 heterocycles. The number of amides is 2. The van der Waals surface area contributed by atoms with Gasteiger partial charge in [0.1, 0.15) is 6.04 Å². The van der Waals surface area contributed by atoms with Crippen LogP contribution in [0.2, 0.25) is 0 Å². The Kier molecular flexibility index (Phi) is 8.52. The van der Waals surface area contributed by atoms with Crippen LogP contribution < -0.4 is 5.32 Å². The van der Waals surface area contributed by atoms with E-state index in [2.05, 4.69) is 5.32 Å². The van der Waals surface area contributed by atoms with E-state index in [-0.39, 0.29) is 36.9 Å². The lowest BCUT2D eigenvalue weighted by Crippen LogP contribution is -2.50. The Balaban J connectivity index is 2.05. The van der Waals surface area contributed by atoms with Crippen molar-refractivity contribution >= 4 is 23.5 Å². The van der Waals surface area contributed by atoms with Crippen LogP contribution >= 0.6 is 0 Å². The molecule has 2 aliphatic rings. The molecular formula is C27H38N2O5. The van der Waals surface area contributed by atoms with Crippen molar-refractivity contribution in [1.29, 1.82) is 0 Å². The van der Waals surface area contributed by atoms with Crippen molar-refractivity contribution in [3.8, 4) is 0 Å². The second-order valence-corrected chi connectivity index (χ2v) is 9.46. The molecule has 0 saturated carbocycles. The van der Waals surface area contributed by atoms with E-state index in [9.17, 15) is 19.5 Å². The van der Waals surface area contributed by atoms with Crippen molar-refractivity contribution in [2.45, 2.75) is 66.0 Å². The van der Waals surface area contributed by atoms with Crippen LogP contribution in [-0.2, 0) is 19.1 Å². The Morgan fingerprint density at radius 2 is 1.91 bits per heavy atom. The molecule has 1 saturated heterocycles. The van der Waals surface area contributed by atoms with E-state index in [4.69, 9.17) is 4.74 Å². The molecule has 0 aromatic heterocycles. The molecule has 34 heavy (non-hydrogen) atoms. The van der Waals surface area contributed by atoms with Crippen LogP contribution in [0.1, 0.15) is 51.2 Å². The van der Waals surface area contributed by atoms with Gasteiger partial charge in [-0.25, -0.2) is 0 Å². The zero-order chi connectivity index (χ0) is 25.0. The summed E-state index contributed by atoms with van der Waals surface area (Å²) in [5.41, 5.74) is 2.64. The summed E-state index contributed by atoms with van der Waals surface area (Å²) in [5, 5.41) is 13.1. The maximum atomic E-state index is 13.8. The molecule has 186 valence electrons. The molecule has 1 aliphatic carbocycles. The lowest BCUT2D eigenvalue weighted by Gasteiger charge is -2.34. The number of anilines is 1. The third-order valence-electron chi connectivity index (χ3n) is 7.22. The monoisotopic (exact) mass is 470 g/mol. The number of hydrogen-bond donors (Lipinski definition) is 2. The van der Waals surface area contributed by atoms with Crippen LogP contribution in [0.25, 0.3) is 0 Å². The van der Waals surface area contributed by atoms with Gasteiger partial charge < -0.3 is 20.1 Å². The summed E-state index contributed by atoms with van der Waals surface area (Å²) in [5.74, 6) is -2.86. The predicted molar refractivity (Wildman–Crippen MR) is 131 cm³/mol. The Labute approximate surface area is 202 Å². The van der Waals surface area contributed by atoms with E-state index in [1.54, 1.807) is 6.92 Å². The van der Waals surface area contributed by atoms with Crippen LogP contribution in [0.5, 0.6) is 0 Å². The zero-order valence-electron chi connectivity index (χ0n) is 20.9. The molecule has 7 nitrogen and oxygen atoms in total. The highest BCUT2D eigenvalue weighted by atomic mass is 16.5. The summed E-state index contributed by atoms with van der Waals surface area (Å²) in [6.45, 7) is 9.55. The van der Waals surface area contributed by atoms with Crippen molar-refractivity contribution in [2.75, 3.05) is 18.5 Å². The van der Waals surface area contributed by atoms with Crippen molar-refractivity contribution in [2.24, 2.45) is 23.7 Å². The maximum absolute atomic E-state index is 13.8. The van der Waals surface area contributed by atoms with Gasteiger partial charge in [0.25, 0.3) is 0 Å². The fourth-order valence-electron chi connectivity index (χ4n) is 5.50. The van der Waals surface area contributed by atoms with Gasteiger partial charge in [-0.05, 0) is 56.7 Å². The highest BCUT2D eigenvalue weighted by molar-refractivity contribution is 6.02. The molecule has 1 aromatic rings. The van der Waals surface area contributed by atoms with E-state index in [0.717, 1.165) is 24.0 Å². The topological polar surface area (TPSA) is 95.9 Å². The number of rotatable bonds is 9. The summed E-state index contributed by atoms with van der Waals surface area (Å²) >= 11 is 0. The van der Waals surface area contributed by atoms with Crippen LogP contribution in [0.3, 0.4) is 0 Å². The third kappa shape index (κ3) is 4.90. The summed E-state index contributed by atoms with van der Waals surface area (Å²) in [6.07, 6.45) is 6.05. The van der Waals surface area contributed by atoms with E-state index >= 15 is 0 Å². The minimum absolute atomic E-state index is 0.119. The second kappa shape index (κ2) is 11.2. The van der Waals surface area contributed by atoms with Gasteiger partial charge >= 0.3 is 5.97 Å². The average molecular weight is 471 g/mol. The van der Waals surface area contributed by atoms with Gasteiger partial charge in [0.15, 0.2) is 0 Å². The van der Waals surface area contributed by atoms with Crippen molar-refractivity contribution < 1.29 is 24.2 Å². The molecule has 0 bridgehead atoms. The Morgan fingerprint density at radius 3 is 2.53 bits per heavy atom. The molecule has 2 amide bonds. The number of fused-ring (bicyclic) bond motifs is 1. The number of allylic oxidation sites excluding steroid dienone is 1. The Bertz CT molecular complexity index is 939. The first-order valence-electron chi connectivity index (χ1n) is 12.4. The first-order valence-corrected chi connectivity index (χ1v) is 12.4. The summed E-state index contributed by atoms with van der Waals surface area (Å²) < 4.78 is 5.39. The summed E-state index contributed by atoms with van der Waals surface area (Å²) in [6, 6.07) is 4.51. The Hall–Kier alpha value is -2.67. The number of esters is 1.